The molecule has 0 unspecified atom stereocenters. The second-order valence-electron chi connectivity index (χ2n) is 8.29. The van der Waals surface area contributed by atoms with Crippen molar-refractivity contribution >= 4 is 23.2 Å². The van der Waals surface area contributed by atoms with Gasteiger partial charge in [0, 0.05) is 62.1 Å². The van der Waals surface area contributed by atoms with Crippen molar-refractivity contribution < 1.29 is 4.39 Å². The van der Waals surface area contributed by atoms with Crippen molar-refractivity contribution in [1.82, 2.24) is 4.98 Å². The summed E-state index contributed by atoms with van der Waals surface area (Å²) in [4.78, 5) is 13.8. The van der Waals surface area contributed by atoms with Gasteiger partial charge >= 0.3 is 0 Å². The number of aromatic nitrogens is 1. The van der Waals surface area contributed by atoms with Crippen LogP contribution in [0, 0.1) is 5.82 Å². The van der Waals surface area contributed by atoms with Crippen LogP contribution in [0.3, 0.4) is 0 Å². The van der Waals surface area contributed by atoms with E-state index in [2.05, 4.69) is 51.2 Å². The van der Waals surface area contributed by atoms with Gasteiger partial charge in [-0.3, -0.25) is 9.98 Å². The van der Waals surface area contributed by atoms with E-state index in [-0.39, 0.29) is 5.82 Å². The van der Waals surface area contributed by atoms with Gasteiger partial charge in [0.2, 0.25) is 0 Å². The number of aliphatic imine (C=N–C) groups is 1. The average Bonchev–Trinajstić information content (AvgIpc) is 2.86. The first-order valence-corrected chi connectivity index (χ1v) is 11.3. The highest BCUT2D eigenvalue weighted by atomic mass is 19.1. The topological polar surface area (TPSA) is 31.7 Å². The quantitative estimate of drug-likeness (QED) is 0.574. The van der Waals surface area contributed by atoms with Gasteiger partial charge in [0.15, 0.2) is 0 Å². The fourth-order valence-electron chi connectivity index (χ4n) is 4.46. The summed E-state index contributed by atoms with van der Waals surface area (Å²) in [7, 11) is 0. The molecule has 32 heavy (non-hydrogen) atoms. The molecular formula is C27H27FN4. The smallest absolute Gasteiger partial charge is 0.123 e. The Labute approximate surface area is 188 Å². The molecule has 2 aliphatic heterocycles. The molecule has 0 N–H and O–H groups in total. The predicted octanol–water partition coefficient (Wildman–Crippen LogP) is 5.21. The molecule has 3 aromatic rings. The molecule has 0 spiro atoms. The first-order valence-electron chi connectivity index (χ1n) is 11.3. The lowest BCUT2D eigenvalue weighted by Gasteiger charge is -2.37. The molecule has 0 radical (unpaired) electrons. The summed E-state index contributed by atoms with van der Waals surface area (Å²) < 4.78 is 13.2. The lowest BCUT2D eigenvalue weighted by atomic mass is 9.95. The Morgan fingerprint density at radius 1 is 0.812 bits per heavy atom. The average molecular weight is 427 g/mol. The van der Waals surface area contributed by atoms with Crippen LogP contribution in [0.25, 0.3) is 6.08 Å². The van der Waals surface area contributed by atoms with Gasteiger partial charge in [-0.15, -0.1) is 0 Å². The SMILES string of the molecule is Fc1ccc(N2CCN(c3ccc(/C=C4\CCCN=C4c4cccnc4)cc3)CC2)cc1. The van der Waals surface area contributed by atoms with Crippen LogP contribution in [-0.4, -0.2) is 43.4 Å². The first-order chi connectivity index (χ1) is 15.8. The lowest BCUT2D eigenvalue weighted by molar-refractivity contribution is 0.625. The third-order valence-corrected chi connectivity index (χ3v) is 6.18. The van der Waals surface area contributed by atoms with E-state index in [4.69, 9.17) is 4.99 Å². The summed E-state index contributed by atoms with van der Waals surface area (Å²) >= 11 is 0. The Balaban J connectivity index is 1.26. The minimum Gasteiger partial charge on any atom is -0.368 e. The van der Waals surface area contributed by atoms with Crippen LogP contribution in [0.5, 0.6) is 0 Å². The van der Waals surface area contributed by atoms with Gasteiger partial charge in [0.25, 0.3) is 0 Å². The van der Waals surface area contributed by atoms with Crippen LogP contribution in [0.4, 0.5) is 15.8 Å². The third-order valence-electron chi connectivity index (χ3n) is 6.18. The van der Waals surface area contributed by atoms with E-state index in [1.54, 1.807) is 6.20 Å². The molecule has 3 heterocycles. The van der Waals surface area contributed by atoms with Gasteiger partial charge in [-0.1, -0.05) is 12.1 Å². The minimum absolute atomic E-state index is 0.186. The molecule has 162 valence electrons. The number of anilines is 2. The molecule has 5 rings (SSSR count). The van der Waals surface area contributed by atoms with Crippen molar-refractivity contribution in [3.8, 4) is 0 Å². The maximum Gasteiger partial charge on any atom is 0.123 e. The van der Waals surface area contributed by atoms with Crippen molar-refractivity contribution in [3.05, 3.63) is 95.6 Å². The number of piperazine rings is 1. The maximum absolute atomic E-state index is 13.2. The zero-order valence-corrected chi connectivity index (χ0v) is 18.1. The number of halogens is 1. The van der Waals surface area contributed by atoms with Crippen LogP contribution in [0.2, 0.25) is 0 Å². The van der Waals surface area contributed by atoms with E-state index in [0.717, 1.165) is 62.5 Å². The van der Waals surface area contributed by atoms with Gasteiger partial charge in [-0.05, 0) is 78.6 Å². The second-order valence-corrected chi connectivity index (χ2v) is 8.29. The highest BCUT2D eigenvalue weighted by Gasteiger charge is 2.18. The summed E-state index contributed by atoms with van der Waals surface area (Å²) in [6.45, 7) is 4.65. The fourth-order valence-corrected chi connectivity index (χ4v) is 4.46. The van der Waals surface area contributed by atoms with Gasteiger partial charge in [-0.2, -0.15) is 0 Å². The Kier molecular flexibility index (Phi) is 5.97. The third kappa shape index (κ3) is 4.57. The van der Waals surface area contributed by atoms with E-state index < -0.39 is 0 Å². The van der Waals surface area contributed by atoms with Crippen molar-refractivity contribution in [2.75, 3.05) is 42.5 Å². The Morgan fingerprint density at radius 3 is 2.09 bits per heavy atom. The Morgan fingerprint density at radius 2 is 1.47 bits per heavy atom. The molecule has 1 aromatic heterocycles. The van der Waals surface area contributed by atoms with Crippen molar-refractivity contribution in [2.24, 2.45) is 4.99 Å². The van der Waals surface area contributed by atoms with Crippen LogP contribution in [-0.2, 0) is 0 Å². The zero-order valence-electron chi connectivity index (χ0n) is 18.1. The highest BCUT2D eigenvalue weighted by molar-refractivity contribution is 6.15. The molecule has 5 heteroatoms. The Bertz CT molecular complexity index is 1100. The molecule has 1 fully saturated rings. The molecule has 0 amide bonds. The van der Waals surface area contributed by atoms with Gasteiger partial charge in [-0.25, -0.2) is 4.39 Å². The number of hydrogen-bond donors (Lipinski definition) is 0. The van der Waals surface area contributed by atoms with Crippen LogP contribution in [0.15, 0.2) is 83.6 Å². The largest absolute Gasteiger partial charge is 0.368 e. The highest BCUT2D eigenvalue weighted by Crippen LogP contribution is 2.25. The van der Waals surface area contributed by atoms with Crippen molar-refractivity contribution in [3.63, 3.8) is 0 Å². The summed E-state index contributed by atoms with van der Waals surface area (Å²) in [5.41, 5.74) is 6.99. The molecule has 0 bridgehead atoms. The monoisotopic (exact) mass is 426 g/mol. The van der Waals surface area contributed by atoms with Crippen LogP contribution < -0.4 is 9.80 Å². The summed E-state index contributed by atoms with van der Waals surface area (Å²) in [6.07, 6.45) is 8.09. The molecule has 2 aromatic carbocycles. The van der Waals surface area contributed by atoms with Crippen molar-refractivity contribution in [2.45, 2.75) is 12.8 Å². The fraction of sp³-hybridized carbons (Fsp3) is 0.259. The zero-order chi connectivity index (χ0) is 21.8. The summed E-state index contributed by atoms with van der Waals surface area (Å²) in [5, 5.41) is 0. The van der Waals surface area contributed by atoms with E-state index in [9.17, 15) is 4.39 Å². The molecule has 0 aliphatic carbocycles. The van der Waals surface area contributed by atoms with Gasteiger partial charge in [0.1, 0.15) is 5.82 Å². The first kappa shape index (κ1) is 20.4. The minimum atomic E-state index is -0.186. The predicted molar refractivity (Wildman–Crippen MR) is 130 cm³/mol. The number of rotatable bonds is 4. The van der Waals surface area contributed by atoms with Gasteiger partial charge < -0.3 is 9.80 Å². The normalized spacial score (nSPS) is 18.0. The summed E-state index contributed by atoms with van der Waals surface area (Å²) in [5.74, 6) is -0.186. The van der Waals surface area contributed by atoms with Crippen LogP contribution >= 0.6 is 0 Å². The molecule has 4 nitrogen and oxygen atoms in total. The summed E-state index contributed by atoms with van der Waals surface area (Å²) in [6, 6.07) is 19.7. The van der Waals surface area contributed by atoms with E-state index in [1.807, 2.05) is 24.4 Å². The van der Waals surface area contributed by atoms with E-state index >= 15 is 0 Å². The molecule has 2 aliphatic rings. The number of hydrogen-bond acceptors (Lipinski definition) is 4. The van der Waals surface area contributed by atoms with Gasteiger partial charge in [0.05, 0.1) is 5.71 Å². The number of benzene rings is 2. The standard InChI is InChI=1S/C27H27FN4/c28-24-7-11-26(12-8-24)32-17-15-31(16-18-32)25-9-5-21(6-10-25)19-22-3-2-14-30-27(22)23-4-1-13-29-20-23/h1,4-13,19-20H,2-3,14-18H2/b22-19+. The van der Waals surface area contributed by atoms with Crippen molar-refractivity contribution in [1.29, 1.82) is 0 Å². The van der Waals surface area contributed by atoms with E-state index in [0.29, 0.717) is 0 Å². The Hall–Kier alpha value is -3.47. The number of nitrogens with zero attached hydrogens (tertiary/aromatic N) is 4. The molecular weight excluding hydrogens is 399 g/mol. The molecule has 0 atom stereocenters. The maximum atomic E-state index is 13.2. The number of allylic oxidation sites excluding steroid dienone is 1. The lowest BCUT2D eigenvalue weighted by Crippen LogP contribution is -2.46. The van der Waals surface area contributed by atoms with E-state index in [1.165, 1.54) is 29.0 Å². The number of pyridine rings is 1. The second kappa shape index (κ2) is 9.35. The molecule has 1 saturated heterocycles. The molecule has 0 saturated carbocycles. The van der Waals surface area contributed by atoms with Crippen LogP contribution in [0.1, 0.15) is 24.0 Å².